The smallest absolute Gasteiger partial charge is 0.115 e. The summed E-state index contributed by atoms with van der Waals surface area (Å²) >= 11 is 0. The predicted molar refractivity (Wildman–Crippen MR) is 79.5 cm³/mol. The second kappa shape index (κ2) is 6.61. The molecule has 1 unspecified atom stereocenters. The first-order valence-electron chi connectivity index (χ1n) is 7.10. The van der Waals surface area contributed by atoms with Crippen LogP contribution in [0.15, 0.2) is 18.7 Å². The first-order chi connectivity index (χ1) is 9.63. The Balaban J connectivity index is 2.24. The van der Waals surface area contributed by atoms with E-state index >= 15 is 0 Å². The van der Waals surface area contributed by atoms with Crippen molar-refractivity contribution in [3.05, 3.63) is 41.2 Å². The Labute approximate surface area is 120 Å². The first-order valence-corrected chi connectivity index (χ1v) is 7.10. The van der Waals surface area contributed by atoms with Crippen molar-refractivity contribution >= 4 is 0 Å². The number of hydrogen-bond acceptors (Lipinski definition) is 4. The normalized spacial score (nSPS) is 12.6. The molecule has 1 atom stereocenters. The fourth-order valence-corrected chi connectivity index (χ4v) is 2.43. The molecular weight excluding hydrogens is 250 g/mol. The van der Waals surface area contributed by atoms with Gasteiger partial charge in [0, 0.05) is 36.7 Å². The lowest BCUT2D eigenvalue weighted by Gasteiger charge is -2.18. The summed E-state index contributed by atoms with van der Waals surface area (Å²) in [6.07, 6.45) is 7.37. The Morgan fingerprint density at radius 2 is 1.95 bits per heavy atom. The third-order valence-electron chi connectivity index (χ3n) is 3.69. The summed E-state index contributed by atoms with van der Waals surface area (Å²) in [5.74, 6) is 0. The number of aryl methyl sites for hydroxylation is 2. The minimum absolute atomic E-state index is 0.234. The van der Waals surface area contributed by atoms with Crippen LogP contribution in [0.25, 0.3) is 0 Å². The predicted octanol–water partition coefficient (Wildman–Crippen LogP) is 2.11. The van der Waals surface area contributed by atoms with E-state index < -0.39 is 0 Å². The van der Waals surface area contributed by atoms with E-state index in [9.17, 15) is 0 Å². The Hall–Kier alpha value is -1.75. The molecule has 0 aliphatic carbocycles. The quantitative estimate of drug-likeness (QED) is 0.876. The minimum Gasteiger partial charge on any atom is -0.310 e. The van der Waals surface area contributed by atoms with Crippen LogP contribution in [0.1, 0.15) is 41.9 Å². The molecule has 0 bridgehead atoms. The molecule has 2 heterocycles. The maximum Gasteiger partial charge on any atom is 0.115 e. The number of rotatable bonds is 6. The van der Waals surface area contributed by atoms with Crippen LogP contribution in [0.2, 0.25) is 0 Å². The van der Waals surface area contributed by atoms with Gasteiger partial charge in [-0.2, -0.15) is 5.10 Å². The highest BCUT2D eigenvalue weighted by atomic mass is 15.3. The van der Waals surface area contributed by atoms with Crippen molar-refractivity contribution in [1.82, 2.24) is 25.1 Å². The summed E-state index contributed by atoms with van der Waals surface area (Å²) < 4.78 is 1.95. The molecule has 0 radical (unpaired) electrons. The molecule has 5 heteroatoms. The Morgan fingerprint density at radius 3 is 2.50 bits per heavy atom. The van der Waals surface area contributed by atoms with E-state index in [1.54, 1.807) is 6.33 Å². The van der Waals surface area contributed by atoms with Crippen molar-refractivity contribution in [1.29, 1.82) is 0 Å². The Bertz CT molecular complexity index is 547. The maximum atomic E-state index is 4.50. The van der Waals surface area contributed by atoms with Crippen molar-refractivity contribution in [2.24, 2.45) is 7.05 Å². The molecule has 2 rings (SSSR count). The van der Waals surface area contributed by atoms with E-state index in [0.717, 1.165) is 30.6 Å². The fourth-order valence-electron chi connectivity index (χ4n) is 2.43. The molecule has 0 aliphatic rings. The summed E-state index contributed by atoms with van der Waals surface area (Å²) in [4.78, 5) is 8.27. The molecule has 0 saturated carbocycles. The van der Waals surface area contributed by atoms with Gasteiger partial charge in [0.05, 0.1) is 5.69 Å². The van der Waals surface area contributed by atoms with Crippen LogP contribution in [0.4, 0.5) is 0 Å². The van der Waals surface area contributed by atoms with E-state index in [2.05, 4.69) is 41.2 Å². The number of nitrogens with zero attached hydrogens (tertiary/aromatic N) is 4. The highest BCUT2D eigenvalue weighted by Gasteiger charge is 2.17. The topological polar surface area (TPSA) is 55.6 Å². The number of aromatic nitrogens is 4. The Kier molecular flexibility index (Phi) is 4.84. The first kappa shape index (κ1) is 14.7. The van der Waals surface area contributed by atoms with Crippen molar-refractivity contribution < 1.29 is 0 Å². The Morgan fingerprint density at radius 1 is 1.25 bits per heavy atom. The molecule has 2 aromatic heterocycles. The average molecular weight is 273 g/mol. The summed E-state index contributed by atoms with van der Waals surface area (Å²) in [5, 5.41) is 8.08. The van der Waals surface area contributed by atoms with Crippen molar-refractivity contribution in [3.8, 4) is 0 Å². The number of nitrogens with one attached hydrogen (secondary N) is 1. The summed E-state index contributed by atoms with van der Waals surface area (Å²) in [6.45, 7) is 7.35. The summed E-state index contributed by atoms with van der Waals surface area (Å²) in [6, 6.07) is 0.234. The molecule has 5 nitrogen and oxygen atoms in total. The van der Waals surface area contributed by atoms with Crippen LogP contribution in [-0.2, 0) is 13.5 Å². The van der Waals surface area contributed by atoms with Crippen LogP contribution < -0.4 is 5.32 Å². The maximum absolute atomic E-state index is 4.50. The zero-order chi connectivity index (χ0) is 14.5. The largest absolute Gasteiger partial charge is 0.310 e. The molecule has 0 fully saturated rings. The zero-order valence-electron chi connectivity index (χ0n) is 12.7. The van der Waals surface area contributed by atoms with E-state index in [1.165, 1.54) is 11.3 Å². The second-order valence-electron chi connectivity index (χ2n) is 5.16. The van der Waals surface area contributed by atoms with Gasteiger partial charge in [0.25, 0.3) is 0 Å². The molecule has 0 aliphatic heterocycles. The van der Waals surface area contributed by atoms with E-state index in [0.29, 0.717) is 0 Å². The van der Waals surface area contributed by atoms with Crippen molar-refractivity contribution in [2.75, 3.05) is 6.54 Å². The van der Waals surface area contributed by atoms with Gasteiger partial charge in [-0.25, -0.2) is 9.97 Å². The molecule has 2 aromatic rings. The lowest BCUT2D eigenvalue weighted by molar-refractivity contribution is 0.524. The summed E-state index contributed by atoms with van der Waals surface area (Å²) in [7, 11) is 1.99. The lowest BCUT2D eigenvalue weighted by Crippen LogP contribution is -2.24. The standard InChI is InChI=1S/C15H23N5/c1-5-6-18-15(13-8-16-10-17-9-13)7-14-11(2)19-20(4)12(14)3/h8-10,15,18H,5-7H2,1-4H3. The third kappa shape index (κ3) is 3.22. The van der Waals surface area contributed by atoms with Crippen LogP contribution in [0, 0.1) is 13.8 Å². The van der Waals surface area contributed by atoms with Gasteiger partial charge in [0.1, 0.15) is 6.33 Å². The van der Waals surface area contributed by atoms with Gasteiger partial charge < -0.3 is 5.32 Å². The molecule has 1 N–H and O–H groups in total. The third-order valence-corrected chi connectivity index (χ3v) is 3.69. The number of hydrogen-bond donors (Lipinski definition) is 1. The molecule has 0 aromatic carbocycles. The molecule has 108 valence electrons. The van der Waals surface area contributed by atoms with E-state index in [-0.39, 0.29) is 6.04 Å². The van der Waals surface area contributed by atoms with Crippen LogP contribution in [0.3, 0.4) is 0 Å². The van der Waals surface area contributed by atoms with Gasteiger partial charge in [-0.15, -0.1) is 0 Å². The highest BCUT2D eigenvalue weighted by Crippen LogP contribution is 2.21. The van der Waals surface area contributed by atoms with Gasteiger partial charge >= 0.3 is 0 Å². The van der Waals surface area contributed by atoms with Gasteiger partial charge in [0.15, 0.2) is 0 Å². The molecule has 0 spiro atoms. The zero-order valence-corrected chi connectivity index (χ0v) is 12.7. The molecule has 0 amide bonds. The van der Waals surface area contributed by atoms with Crippen LogP contribution in [0.5, 0.6) is 0 Å². The van der Waals surface area contributed by atoms with Gasteiger partial charge in [-0.05, 0) is 38.8 Å². The monoisotopic (exact) mass is 273 g/mol. The van der Waals surface area contributed by atoms with Gasteiger partial charge in [-0.1, -0.05) is 6.92 Å². The average Bonchev–Trinajstić information content (AvgIpc) is 2.70. The van der Waals surface area contributed by atoms with E-state index in [1.807, 2.05) is 24.1 Å². The van der Waals surface area contributed by atoms with Gasteiger partial charge in [-0.3, -0.25) is 4.68 Å². The molecule has 20 heavy (non-hydrogen) atoms. The highest BCUT2D eigenvalue weighted by molar-refractivity contribution is 5.27. The van der Waals surface area contributed by atoms with E-state index in [4.69, 9.17) is 0 Å². The SMILES string of the molecule is CCCNC(Cc1c(C)nn(C)c1C)c1cncnc1. The van der Waals surface area contributed by atoms with Crippen molar-refractivity contribution in [2.45, 2.75) is 39.7 Å². The lowest BCUT2D eigenvalue weighted by atomic mass is 9.99. The summed E-state index contributed by atoms with van der Waals surface area (Å²) in [5.41, 5.74) is 4.77. The van der Waals surface area contributed by atoms with Crippen LogP contribution >= 0.6 is 0 Å². The minimum atomic E-state index is 0.234. The molecular formula is C15H23N5. The van der Waals surface area contributed by atoms with Crippen molar-refractivity contribution in [3.63, 3.8) is 0 Å². The second-order valence-corrected chi connectivity index (χ2v) is 5.16. The fraction of sp³-hybridized carbons (Fsp3) is 0.533. The molecule has 0 saturated heterocycles. The van der Waals surface area contributed by atoms with Crippen LogP contribution in [-0.4, -0.2) is 26.3 Å². The van der Waals surface area contributed by atoms with Gasteiger partial charge in [0.2, 0.25) is 0 Å².